The molecule has 0 unspecified atom stereocenters. The van der Waals surface area contributed by atoms with Crippen LogP contribution in [0.4, 0.5) is 70.2 Å². The first-order valence-electron chi connectivity index (χ1n) is 22.4. The molecule has 8 nitrogen and oxygen atoms in total. The Bertz CT molecular complexity index is 3270. The normalized spacial score (nSPS) is 12.1. The Morgan fingerprint density at radius 3 is 0.605 bits per heavy atom. The lowest BCUT2D eigenvalue weighted by atomic mass is 10.0. The zero-order valence-electron chi connectivity index (χ0n) is 39.0. The van der Waals surface area contributed by atoms with E-state index in [1.807, 2.05) is 0 Å². The molecule has 0 saturated carbocycles. The van der Waals surface area contributed by atoms with E-state index in [1.165, 1.54) is 27.7 Å². The maximum absolute atomic E-state index is 16.5. The van der Waals surface area contributed by atoms with Gasteiger partial charge in [-0.1, -0.05) is 0 Å². The van der Waals surface area contributed by atoms with Gasteiger partial charge >= 0.3 is 0 Å². The minimum absolute atomic E-state index is 0.525. The molecule has 0 radical (unpaired) electrons. The van der Waals surface area contributed by atoms with Crippen LogP contribution < -0.4 is 18.9 Å². The highest BCUT2D eigenvalue weighted by Crippen LogP contribution is 2.47. The Labute approximate surface area is 416 Å². The number of fused-ring (bicyclic) bond motifs is 8. The molecular formula is C52H30F16N4O4. The minimum atomic E-state index is -2.18. The molecular weight excluding hydrogens is 1050 g/mol. The Morgan fingerprint density at radius 1 is 0.276 bits per heavy atom. The maximum atomic E-state index is 16.5. The Morgan fingerprint density at radius 2 is 0.447 bits per heavy atom. The standard InChI is InChI=1S/C52H30F16N4O4/c1-5-73-49-41(61)33(53)29(34(54)42(49)62)25-17-9-11-19(69-17)26(30-35(55)43(63)50(74-6-2)44(64)36(30)56)21-13-15-23(71-21)28(32-39(59)47(67)52(76-8-4)48(68)40(32)60)24-16-14-22(72-24)27(20-12-10-18(25)70-20)31-37(57)45(65)51(75-7-3)46(66)38(31)58/h9-16,69,72H,5-8H2,1-4H3. The molecule has 0 aliphatic carbocycles. The summed E-state index contributed by atoms with van der Waals surface area (Å²) in [5.74, 6) is -40.5. The third kappa shape index (κ3) is 8.11. The summed E-state index contributed by atoms with van der Waals surface area (Å²) in [6.07, 6.45) is 3.20. The van der Waals surface area contributed by atoms with Crippen molar-refractivity contribution in [3.05, 3.63) is 140 Å². The summed E-state index contributed by atoms with van der Waals surface area (Å²) in [6, 6.07) is 3.31. The summed E-state index contributed by atoms with van der Waals surface area (Å²) in [5, 5.41) is 0. The molecule has 0 amide bonds. The molecule has 9 rings (SSSR count). The zero-order valence-corrected chi connectivity index (χ0v) is 39.0. The number of rotatable bonds is 12. The highest BCUT2D eigenvalue weighted by atomic mass is 19.2. The molecule has 394 valence electrons. The maximum Gasteiger partial charge on any atom is 0.204 e. The van der Waals surface area contributed by atoms with Crippen LogP contribution in [-0.4, -0.2) is 46.4 Å². The second-order valence-corrected chi connectivity index (χ2v) is 16.1. The van der Waals surface area contributed by atoms with Gasteiger partial charge in [-0.05, 0) is 76.3 Å². The molecule has 8 bridgehead atoms. The predicted octanol–water partition coefficient (Wildman–Crippen LogP) is 15.1. The van der Waals surface area contributed by atoms with Crippen LogP contribution in [0.5, 0.6) is 23.0 Å². The monoisotopic (exact) mass is 1080 g/mol. The topological polar surface area (TPSA) is 94.3 Å². The number of hydrogen-bond acceptors (Lipinski definition) is 6. The van der Waals surface area contributed by atoms with Gasteiger partial charge in [0.2, 0.25) is 46.5 Å². The highest BCUT2D eigenvalue weighted by Gasteiger charge is 2.36. The van der Waals surface area contributed by atoms with Gasteiger partial charge in [0.15, 0.2) is 69.5 Å². The van der Waals surface area contributed by atoms with Crippen molar-refractivity contribution < 1.29 is 89.2 Å². The summed E-state index contributed by atoms with van der Waals surface area (Å²) < 4.78 is 278. The SMILES string of the molecule is CCOc1c(F)c(F)c(-c2c3nc(c(-c4c(F)c(F)c(OCC)c(F)c4F)c4ccc([nH]4)c(-c4c(F)c(F)c(OCC)c(F)c4F)c4nc(c(-c5c(F)c(F)c(OCC)c(F)c5F)c5ccc2[nH]5)C=C4)C=C3)c(F)c1F. The van der Waals surface area contributed by atoms with Crippen molar-refractivity contribution in [2.75, 3.05) is 26.4 Å². The van der Waals surface area contributed by atoms with Gasteiger partial charge in [-0.2, -0.15) is 35.1 Å². The quantitative estimate of drug-likeness (QED) is 0.0935. The first-order chi connectivity index (χ1) is 36.2. The van der Waals surface area contributed by atoms with Crippen LogP contribution in [0.15, 0.2) is 24.3 Å². The van der Waals surface area contributed by atoms with Gasteiger partial charge in [0.05, 0.1) is 71.5 Å². The molecule has 5 heterocycles. The van der Waals surface area contributed by atoms with E-state index >= 15 is 70.2 Å². The van der Waals surface area contributed by atoms with Crippen LogP contribution in [0.25, 0.3) is 90.9 Å². The third-order valence-corrected chi connectivity index (χ3v) is 11.8. The Hall–Kier alpha value is -8.44. The van der Waals surface area contributed by atoms with Crippen LogP contribution in [-0.2, 0) is 0 Å². The second kappa shape index (κ2) is 20.0. The molecule has 76 heavy (non-hydrogen) atoms. The van der Waals surface area contributed by atoms with E-state index < -0.39 is 232 Å². The molecule has 0 saturated heterocycles. The van der Waals surface area contributed by atoms with Gasteiger partial charge in [0.1, 0.15) is 0 Å². The summed E-state index contributed by atoms with van der Waals surface area (Å²) in [5.41, 5.74) is -16.8. The van der Waals surface area contributed by atoms with E-state index in [4.69, 9.17) is 18.9 Å². The number of ether oxygens (including phenoxy) is 4. The van der Waals surface area contributed by atoms with E-state index in [9.17, 15) is 0 Å². The molecule has 3 aromatic heterocycles. The van der Waals surface area contributed by atoms with E-state index in [-0.39, 0.29) is 0 Å². The van der Waals surface area contributed by atoms with Crippen molar-refractivity contribution in [1.29, 1.82) is 0 Å². The number of aromatic amines is 2. The van der Waals surface area contributed by atoms with E-state index in [0.717, 1.165) is 48.6 Å². The molecule has 2 N–H and O–H groups in total. The molecule has 0 atom stereocenters. The zero-order chi connectivity index (χ0) is 54.9. The molecule has 0 fully saturated rings. The molecule has 24 heteroatoms. The van der Waals surface area contributed by atoms with E-state index in [0.29, 0.717) is 0 Å². The number of benzene rings is 4. The van der Waals surface area contributed by atoms with Gasteiger partial charge in [0.25, 0.3) is 0 Å². The average molecular weight is 1080 g/mol. The number of nitrogens with one attached hydrogen (secondary N) is 2. The lowest BCUT2D eigenvalue weighted by molar-refractivity contribution is 0.287. The second-order valence-electron chi connectivity index (χ2n) is 16.1. The molecule has 7 aromatic rings. The van der Waals surface area contributed by atoms with Crippen molar-refractivity contribution in [2.24, 2.45) is 0 Å². The number of nitrogens with zero attached hydrogens (tertiary/aromatic N) is 2. The highest BCUT2D eigenvalue weighted by molar-refractivity contribution is 6.00. The van der Waals surface area contributed by atoms with Crippen molar-refractivity contribution in [1.82, 2.24) is 19.9 Å². The number of hydrogen-bond donors (Lipinski definition) is 2. The van der Waals surface area contributed by atoms with Gasteiger partial charge < -0.3 is 28.9 Å². The van der Waals surface area contributed by atoms with Crippen molar-refractivity contribution in [3.8, 4) is 67.5 Å². The van der Waals surface area contributed by atoms with E-state index in [1.54, 1.807) is 0 Å². The third-order valence-electron chi connectivity index (χ3n) is 11.8. The van der Waals surface area contributed by atoms with Crippen LogP contribution in [0.1, 0.15) is 50.5 Å². The van der Waals surface area contributed by atoms with Crippen LogP contribution in [0, 0.1) is 93.1 Å². The summed E-state index contributed by atoms with van der Waals surface area (Å²) in [6.45, 7) is 2.75. The smallest absolute Gasteiger partial charge is 0.204 e. The Balaban J connectivity index is 1.57. The van der Waals surface area contributed by atoms with Crippen LogP contribution in [0.3, 0.4) is 0 Å². The molecule has 2 aliphatic rings. The average Bonchev–Trinajstić information content (AvgIpc) is 4.27. The van der Waals surface area contributed by atoms with Gasteiger partial charge in [0, 0.05) is 44.3 Å². The fourth-order valence-electron chi connectivity index (χ4n) is 8.67. The summed E-state index contributed by atoms with van der Waals surface area (Å²) >= 11 is 0. The Kier molecular flexibility index (Phi) is 13.8. The van der Waals surface area contributed by atoms with Crippen LogP contribution >= 0.6 is 0 Å². The molecule has 0 spiro atoms. The summed E-state index contributed by atoms with van der Waals surface area (Å²) in [7, 11) is 0. The lowest BCUT2D eigenvalue weighted by Crippen LogP contribution is -2.07. The predicted molar refractivity (Wildman–Crippen MR) is 245 cm³/mol. The largest absolute Gasteiger partial charge is 0.488 e. The summed E-state index contributed by atoms with van der Waals surface area (Å²) in [4.78, 5) is 13.4. The molecule has 4 aromatic carbocycles. The number of halogens is 16. The van der Waals surface area contributed by atoms with Crippen molar-refractivity contribution in [2.45, 2.75) is 27.7 Å². The fraction of sp³-hybridized carbons (Fsp3) is 0.154. The van der Waals surface area contributed by atoms with Crippen molar-refractivity contribution >= 4 is 46.4 Å². The van der Waals surface area contributed by atoms with Gasteiger partial charge in [-0.25, -0.2) is 45.1 Å². The lowest BCUT2D eigenvalue weighted by Gasteiger charge is -2.14. The number of aromatic nitrogens is 4. The van der Waals surface area contributed by atoms with Crippen LogP contribution in [0.2, 0.25) is 0 Å². The van der Waals surface area contributed by atoms with Crippen molar-refractivity contribution in [3.63, 3.8) is 0 Å². The van der Waals surface area contributed by atoms with E-state index in [2.05, 4.69) is 19.9 Å². The first kappa shape index (κ1) is 52.4. The van der Waals surface area contributed by atoms with Gasteiger partial charge in [-0.3, -0.25) is 0 Å². The fourth-order valence-corrected chi connectivity index (χ4v) is 8.67. The number of H-pyrrole nitrogens is 2. The van der Waals surface area contributed by atoms with Gasteiger partial charge in [-0.15, -0.1) is 0 Å². The molecule has 2 aliphatic heterocycles. The first-order valence-corrected chi connectivity index (χ1v) is 22.4. The minimum Gasteiger partial charge on any atom is -0.488 e.